The average Bonchev–Trinajstić information content (AvgIpc) is 3.16. The predicted molar refractivity (Wildman–Crippen MR) is 96.0 cm³/mol. The first-order valence-corrected chi connectivity index (χ1v) is 9.03. The van der Waals surface area contributed by atoms with Gasteiger partial charge in [0.25, 0.3) is 0 Å². The minimum absolute atomic E-state index is 0.374. The first-order chi connectivity index (χ1) is 11.8. The van der Waals surface area contributed by atoms with Gasteiger partial charge in [-0.3, -0.25) is 4.90 Å². The largest absolute Gasteiger partial charge is 0.493 e. The van der Waals surface area contributed by atoms with E-state index in [4.69, 9.17) is 14.2 Å². The number of methoxy groups -OCH3 is 2. The third kappa shape index (κ3) is 4.11. The van der Waals surface area contributed by atoms with Crippen LogP contribution in [0.1, 0.15) is 31.2 Å². The lowest BCUT2D eigenvalue weighted by molar-refractivity contribution is -0.0276. The Morgan fingerprint density at radius 3 is 2.50 bits per heavy atom. The monoisotopic (exact) mass is 331 g/mol. The van der Waals surface area contributed by atoms with Gasteiger partial charge in [0, 0.05) is 19.1 Å². The van der Waals surface area contributed by atoms with Gasteiger partial charge in [-0.25, -0.2) is 0 Å². The molecule has 24 heavy (non-hydrogen) atoms. The summed E-state index contributed by atoms with van der Waals surface area (Å²) < 4.78 is 17.0. The minimum Gasteiger partial charge on any atom is -0.493 e. The van der Waals surface area contributed by atoms with Crippen molar-refractivity contribution in [1.82, 2.24) is 4.90 Å². The molecule has 0 amide bonds. The number of hydrogen-bond donors (Lipinski definition) is 0. The topological polar surface area (TPSA) is 30.9 Å². The Bertz CT molecular complexity index is 550. The van der Waals surface area contributed by atoms with Crippen molar-refractivity contribution in [1.29, 1.82) is 0 Å². The highest BCUT2D eigenvalue weighted by Gasteiger charge is 2.30. The summed E-state index contributed by atoms with van der Waals surface area (Å²) in [7, 11) is 3.34. The van der Waals surface area contributed by atoms with E-state index >= 15 is 0 Å². The first-order valence-electron chi connectivity index (χ1n) is 9.03. The van der Waals surface area contributed by atoms with Crippen LogP contribution in [0.3, 0.4) is 0 Å². The van der Waals surface area contributed by atoms with Crippen LogP contribution in [-0.2, 0) is 11.2 Å². The normalized spacial score (nSPS) is 24.2. The fourth-order valence-corrected chi connectivity index (χ4v) is 3.82. The summed E-state index contributed by atoms with van der Waals surface area (Å²) in [6.07, 6.45) is 10.9. The molecule has 1 aliphatic heterocycles. The molecule has 1 aliphatic carbocycles. The summed E-state index contributed by atoms with van der Waals surface area (Å²) in [4.78, 5) is 2.56. The van der Waals surface area contributed by atoms with Gasteiger partial charge < -0.3 is 14.2 Å². The van der Waals surface area contributed by atoms with E-state index in [0.29, 0.717) is 12.1 Å². The summed E-state index contributed by atoms with van der Waals surface area (Å²) in [6, 6.07) is 6.69. The molecule has 0 N–H and O–H groups in total. The van der Waals surface area contributed by atoms with Crippen molar-refractivity contribution >= 4 is 0 Å². The maximum Gasteiger partial charge on any atom is 0.160 e. The molecule has 4 nitrogen and oxygen atoms in total. The molecule has 1 unspecified atom stereocenters. The van der Waals surface area contributed by atoms with Crippen LogP contribution in [0.25, 0.3) is 0 Å². The number of hydrogen-bond acceptors (Lipinski definition) is 4. The SMILES string of the molecule is COc1ccc(CCOC2CCCC[C@H]2N2CC=CC2)cc1OC. The number of rotatable bonds is 7. The first kappa shape index (κ1) is 17.3. The van der Waals surface area contributed by atoms with E-state index in [0.717, 1.165) is 37.6 Å². The Labute approximate surface area is 145 Å². The molecule has 0 spiro atoms. The molecule has 0 saturated heterocycles. The minimum atomic E-state index is 0.374. The van der Waals surface area contributed by atoms with Crippen molar-refractivity contribution in [3.8, 4) is 11.5 Å². The van der Waals surface area contributed by atoms with Gasteiger partial charge in [0.05, 0.1) is 26.9 Å². The van der Waals surface area contributed by atoms with Gasteiger partial charge in [0.15, 0.2) is 11.5 Å². The Kier molecular flexibility index (Phi) is 6.16. The van der Waals surface area contributed by atoms with Gasteiger partial charge >= 0.3 is 0 Å². The summed E-state index contributed by atoms with van der Waals surface area (Å²) in [5.74, 6) is 1.56. The number of ether oxygens (including phenoxy) is 3. The average molecular weight is 331 g/mol. The second-order valence-electron chi connectivity index (χ2n) is 6.63. The van der Waals surface area contributed by atoms with E-state index in [-0.39, 0.29) is 0 Å². The Morgan fingerprint density at radius 2 is 1.75 bits per heavy atom. The Balaban J connectivity index is 1.53. The van der Waals surface area contributed by atoms with E-state index < -0.39 is 0 Å². The zero-order valence-electron chi connectivity index (χ0n) is 14.9. The van der Waals surface area contributed by atoms with Crippen molar-refractivity contribution in [2.45, 2.75) is 44.2 Å². The van der Waals surface area contributed by atoms with Crippen LogP contribution in [0.2, 0.25) is 0 Å². The van der Waals surface area contributed by atoms with E-state index in [2.05, 4.69) is 23.1 Å². The van der Waals surface area contributed by atoms with E-state index in [1.54, 1.807) is 14.2 Å². The van der Waals surface area contributed by atoms with E-state index in [9.17, 15) is 0 Å². The lowest BCUT2D eigenvalue weighted by Gasteiger charge is -2.37. The standard InChI is InChI=1S/C20H29NO3/c1-22-19-10-9-16(15-20(19)23-2)11-14-24-18-8-4-3-7-17(18)21-12-5-6-13-21/h5-6,9-10,15,17-18H,3-4,7-8,11-14H2,1-2H3/t17-,18?/m1/s1. The summed E-state index contributed by atoms with van der Waals surface area (Å²) >= 11 is 0. The molecule has 0 bridgehead atoms. The molecular formula is C20H29NO3. The fourth-order valence-electron chi connectivity index (χ4n) is 3.82. The number of nitrogens with zero attached hydrogens (tertiary/aromatic N) is 1. The van der Waals surface area contributed by atoms with Crippen molar-refractivity contribution in [3.05, 3.63) is 35.9 Å². The molecular weight excluding hydrogens is 302 g/mol. The summed E-state index contributed by atoms with van der Waals surface area (Å²) in [5, 5.41) is 0. The second kappa shape index (κ2) is 8.54. The van der Waals surface area contributed by atoms with Gasteiger partial charge in [-0.15, -0.1) is 0 Å². The van der Waals surface area contributed by atoms with Gasteiger partial charge in [-0.05, 0) is 37.0 Å². The van der Waals surface area contributed by atoms with Crippen LogP contribution in [0.5, 0.6) is 11.5 Å². The molecule has 2 atom stereocenters. The van der Waals surface area contributed by atoms with Crippen LogP contribution in [0.15, 0.2) is 30.4 Å². The highest BCUT2D eigenvalue weighted by molar-refractivity contribution is 5.42. The molecule has 3 rings (SSSR count). The zero-order chi connectivity index (χ0) is 16.8. The Hall–Kier alpha value is -1.52. The maximum atomic E-state index is 6.30. The van der Waals surface area contributed by atoms with Crippen LogP contribution in [-0.4, -0.2) is 51.0 Å². The summed E-state index contributed by atoms with van der Waals surface area (Å²) in [6.45, 7) is 2.93. The zero-order valence-corrected chi connectivity index (χ0v) is 14.9. The van der Waals surface area contributed by atoms with Crippen LogP contribution in [0, 0.1) is 0 Å². The van der Waals surface area contributed by atoms with Crippen LogP contribution in [0.4, 0.5) is 0 Å². The molecule has 1 saturated carbocycles. The van der Waals surface area contributed by atoms with Gasteiger partial charge in [-0.1, -0.05) is 31.1 Å². The Morgan fingerprint density at radius 1 is 1.00 bits per heavy atom. The molecule has 0 aromatic heterocycles. The molecule has 0 radical (unpaired) electrons. The lowest BCUT2D eigenvalue weighted by Crippen LogP contribution is -2.45. The highest BCUT2D eigenvalue weighted by atomic mass is 16.5. The second-order valence-corrected chi connectivity index (χ2v) is 6.63. The molecule has 1 aromatic carbocycles. The maximum absolute atomic E-state index is 6.30. The molecule has 1 aromatic rings. The van der Waals surface area contributed by atoms with Gasteiger partial charge in [0.2, 0.25) is 0 Å². The van der Waals surface area contributed by atoms with Crippen molar-refractivity contribution < 1.29 is 14.2 Å². The van der Waals surface area contributed by atoms with Crippen molar-refractivity contribution in [3.63, 3.8) is 0 Å². The van der Waals surface area contributed by atoms with E-state index in [1.807, 2.05) is 12.1 Å². The molecule has 132 valence electrons. The van der Waals surface area contributed by atoms with Crippen LogP contribution < -0.4 is 9.47 Å². The van der Waals surface area contributed by atoms with Crippen molar-refractivity contribution in [2.24, 2.45) is 0 Å². The highest BCUT2D eigenvalue weighted by Crippen LogP contribution is 2.29. The smallest absolute Gasteiger partial charge is 0.160 e. The van der Waals surface area contributed by atoms with Gasteiger partial charge in [0.1, 0.15) is 0 Å². The molecule has 1 fully saturated rings. The molecule has 4 heteroatoms. The lowest BCUT2D eigenvalue weighted by atomic mass is 9.91. The third-order valence-corrected chi connectivity index (χ3v) is 5.15. The molecule has 2 aliphatic rings. The van der Waals surface area contributed by atoms with Gasteiger partial charge in [-0.2, -0.15) is 0 Å². The third-order valence-electron chi connectivity index (χ3n) is 5.15. The molecule has 1 heterocycles. The van der Waals surface area contributed by atoms with Crippen molar-refractivity contribution in [2.75, 3.05) is 33.9 Å². The quantitative estimate of drug-likeness (QED) is 0.716. The number of benzene rings is 1. The van der Waals surface area contributed by atoms with E-state index in [1.165, 1.54) is 31.2 Å². The fraction of sp³-hybridized carbons (Fsp3) is 0.600. The predicted octanol–water partition coefficient (Wildman–Crippen LogP) is 3.45. The van der Waals surface area contributed by atoms with Crippen LogP contribution >= 0.6 is 0 Å². The summed E-state index contributed by atoms with van der Waals surface area (Å²) in [5.41, 5.74) is 1.22.